The van der Waals surface area contributed by atoms with Crippen LogP contribution in [0.4, 0.5) is 13.6 Å². The zero-order valence-electron chi connectivity index (χ0n) is 8.71. The van der Waals surface area contributed by atoms with Crippen molar-refractivity contribution in [2.24, 2.45) is 5.41 Å². The van der Waals surface area contributed by atoms with Crippen LogP contribution in [0.25, 0.3) is 0 Å². The molecule has 0 aromatic carbocycles. The average Bonchev–Trinajstić information content (AvgIpc) is 2.50. The Morgan fingerprint density at radius 3 is 2.25 bits per heavy atom. The van der Waals surface area contributed by atoms with Gasteiger partial charge in [-0.05, 0) is 18.3 Å². The first-order valence-corrected chi connectivity index (χ1v) is 5.25. The van der Waals surface area contributed by atoms with Crippen molar-refractivity contribution in [3.63, 3.8) is 0 Å². The van der Waals surface area contributed by atoms with E-state index in [4.69, 9.17) is 5.11 Å². The minimum Gasteiger partial charge on any atom is -0.465 e. The molecular formula is C10H13F2NO3. The summed E-state index contributed by atoms with van der Waals surface area (Å²) in [6.07, 6.45) is -1.21. The number of likely N-dealkylation sites (tertiary alicyclic amines) is 1. The molecule has 2 rings (SSSR count). The maximum Gasteiger partial charge on any atom is 0.414 e. The number of hydrogen-bond donors (Lipinski definition) is 1. The van der Waals surface area contributed by atoms with Crippen LogP contribution in [-0.2, 0) is 4.79 Å². The van der Waals surface area contributed by atoms with Gasteiger partial charge in [-0.25, -0.2) is 18.5 Å². The van der Waals surface area contributed by atoms with E-state index >= 15 is 0 Å². The van der Waals surface area contributed by atoms with Crippen LogP contribution in [-0.4, -0.2) is 34.5 Å². The van der Waals surface area contributed by atoms with E-state index in [1.165, 1.54) is 0 Å². The van der Waals surface area contributed by atoms with Crippen LogP contribution in [0, 0.1) is 5.41 Å². The zero-order chi connectivity index (χ0) is 12.0. The maximum atomic E-state index is 13.0. The third-order valence-electron chi connectivity index (χ3n) is 3.59. The number of carboxylic acid groups (broad SMARTS) is 1. The lowest BCUT2D eigenvalue weighted by Gasteiger charge is -2.35. The second-order valence-electron chi connectivity index (χ2n) is 4.80. The molecule has 0 aromatic rings. The van der Waals surface area contributed by atoms with Gasteiger partial charge in [0.15, 0.2) is 0 Å². The number of halogens is 2. The Labute approximate surface area is 91.2 Å². The number of hydrogen-bond acceptors (Lipinski definition) is 2. The number of alkyl halides is 2. The molecule has 0 unspecified atom stereocenters. The van der Waals surface area contributed by atoms with Crippen LogP contribution in [0.1, 0.15) is 32.1 Å². The second-order valence-corrected chi connectivity index (χ2v) is 4.80. The fourth-order valence-corrected chi connectivity index (χ4v) is 2.55. The van der Waals surface area contributed by atoms with Crippen molar-refractivity contribution in [2.45, 2.75) is 38.0 Å². The molecule has 2 amide bonds. The average molecular weight is 233 g/mol. The summed E-state index contributed by atoms with van der Waals surface area (Å²) in [6.45, 7) is 0.0806. The summed E-state index contributed by atoms with van der Waals surface area (Å²) in [4.78, 5) is 22.9. The highest BCUT2D eigenvalue weighted by molar-refractivity contribution is 5.93. The van der Waals surface area contributed by atoms with Gasteiger partial charge >= 0.3 is 6.09 Å². The molecule has 1 saturated heterocycles. The molecule has 16 heavy (non-hydrogen) atoms. The second kappa shape index (κ2) is 3.40. The van der Waals surface area contributed by atoms with Gasteiger partial charge in [0.05, 0.1) is 0 Å². The van der Waals surface area contributed by atoms with Crippen molar-refractivity contribution in [1.82, 2.24) is 4.90 Å². The van der Waals surface area contributed by atoms with E-state index in [2.05, 4.69) is 0 Å². The van der Waals surface area contributed by atoms with Gasteiger partial charge < -0.3 is 5.11 Å². The standard InChI is InChI=1S/C10H13F2NO3/c11-10(12)3-1-9(2-4-10)5-7(14)13(6-9)8(15)16/h1-6H2,(H,15,16). The smallest absolute Gasteiger partial charge is 0.414 e. The van der Waals surface area contributed by atoms with E-state index in [1.807, 2.05) is 0 Å². The molecule has 90 valence electrons. The first-order chi connectivity index (χ1) is 7.34. The van der Waals surface area contributed by atoms with Crippen molar-refractivity contribution in [3.8, 4) is 0 Å². The molecule has 0 bridgehead atoms. The van der Waals surface area contributed by atoms with Crippen LogP contribution >= 0.6 is 0 Å². The minimum absolute atomic E-state index is 0.0806. The molecule has 4 nitrogen and oxygen atoms in total. The van der Waals surface area contributed by atoms with Crippen molar-refractivity contribution < 1.29 is 23.5 Å². The first-order valence-electron chi connectivity index (χ1n) is 5.25. The predicted octanol–water partition coefficient (Wildman–Crippen LogP) is 2.09. The number of rotatable bonds is 0. The molecule has 2 fully saturated rings. The Balaban J connectivity index is 2.08. The van der Waals surface area contributed by atoms with E-state index < -0.39 is 23.3 Å². The predicted molar refractivity (Wildman–Crippen MR) is 50.2 cm³/mol. The lowest BCUT2D eigenvalue weighted by Crippen LogP contribution is -2.37. The van der Waals surface area contributed by atoms with E-state index in [9.17, 15) is 18.4 Å². The molecule has 1 heterocycles. The SMILES string of the molecule is O=C(O)N1CC2(CCC(F)(F)CC2)CC1=O. The molecule has 2 aliphatic rings. The summed E-state index contributed by atoms with van der Waals surface area (Å²) < 4.78 is 26.0. The molecular weight excluding hydrogens is 220 g/mol. The first kappa shape index (κ1) is 11.3. The van der Waals surface area contributed by atoms with Crippen LogP contribution < -0.4 is 0 Å². The molecule has 1 aliphatic carbocycles. The van der Waals surface area contributed by atoms with Gasteiger partial charge in [-0.15, -0.1) is 0 Å². The lowest BCUT2D eigenvalue weighted by molar-refractivity contribution is -0.126. The van der Waals surface area contributed by atoms with Crippen molar-refractivity contribution in [3.05, 3.63) is 0 Å². The fraction of sp³-hybridized carbons (Fsp3) is 0.800. The highest BCUT2D eigenvalue weighted by Gasteiger charge is 2.50. The molecule has 0 aromatic heterocycles. The normalized spacial score (nSPS) is 27.4. The minimum atomic E-state index is -2.65. The highest BCUT2D eigenvalue weighted by atomic mass is 19.3. The molecule has 0 atom stereocenters. The highest BCUT2D eigenvalue weighted by Crippen LogP contribution is 2.48. The Morgan fingerprint density at radius 1 is 1.25 bits per heavy atom. The van der Waals surface area contributed by atoms with Crippen LogP contribution in [0.3, 0.4) is 0 Å². The monoisotopic (exact) mass is 233 g/mol. The van der Waals surface area contributed by atoms with Crippen LogP contribution in [0.15, 0.2) is 0 Å². The lowest BCUT2D eigenvalue weighted by atomic mass is 9.72. The number of imide groups is 1. The van der Waals surface area contributed by atoms with Gasteiger partial charge in [0.1, 0.15) is 0 Å². The van der Waals surface area contributed by atoms with E-state index in [0.717, 1.165) is 4.90 Å². The largest absolute Gasteiger partial charge is 0.465 e. The Bertz CT molecular complexity index is 333. The Morgan fingerprint density at radius 2 is 1.81 bits per heavy atom. The van der Waals surface area contributed by atoms with E-state index in [1.54, 1.807) is 0 Å². The van der Waals surface area contributed by atoms with Crippen molar-refractivity contribution >= 4 is 12.0 Å². The fourth-order valence-electron chi connectivity index (χ4n) is 2.55. The topological polar surface area (TPSA) is 57.6 Å². The zero-order valence-corrected chi connectivity index (χ0v) is 8.71. The molecule has 1 spiro atoms. The molecule has 6 heteroatoms. The molecule has 1 N–H and O–H groups in total. The third kappa shape index (κ3) is 1.88. The molecule has 0 radical (unpaired) electrons. The summed E-state index contributed by atoms with van der Waals surface area (Å²) in [5.74, 6) is -3.11. The number of amides is 2. The van der Waals surface area contributed by atoms with Gasteiger partial charge in [0, 0.05) is 25.8 Å². The summed E-state index contributed by atoms with van der Waals surface area (Å²) >= 11 is 0. The van der Waals surface area contributed by atoms with Gasteiger partial charge in [-0.2, -0.15) is 0 Å². The summed E-state index contributed by atoms with van der Waals surface area (Å²) in [5.41, 5.74) is -0.531. The summed E-state index contributed by atoms with van der Waals surface area (Å²) in [6, 6.07) is 0. The van der Waals surface area contributed by atoms with Crippen LogP contribution in [0.5, 0.6) is 0 Å². The number of carbonyl (C=O) groups excluding carboxylic acids is 1. The number of carbonyl (C=O) groups is 2. The van der Waals surface area contributed by atoms with Gasteiger partial charge in [-0.1, -0.05) is 0 Å². The van der Waals surface area contributed by atoms with E-state index in [0.29, 0.717) is 0 Å². The molecule has 1 aliphatic heterocycles. The van der Waals surface area contributed by atoms with Gasteiger partial charge in [0.2, 0.25) is 11.8 Å². The van der Waals surface area contributed by atoms with Gasteiger partial charge in [0.25, 0.3) is 0 Å². The summed E-state index contributed by atoms with van der Waals surface area (Å²) in [7, 11) is 0. The van der Waals surface area contributed by atoms with Gasteiger partial charge in [-0.3, -0.25) is 4.79 Å². The Kier molecular flexibility index (Phi) is 2.40. The van der Waals surface area contributed by atoms with E-state index in [-0.39, 0.29) is 38.6 Å². The molecule has 1 saturated carbocycles. The quantitative estimate of drug-likeness (QED) is 0.697. The maximum absolute atomic E-state index is 13.0. The summed E-state index contributed by atoms with van der Waals surface area (Å²) in [5, 5.41) is 8.76. The Hall–Kier alpha value is -1.20. The third-order valence-corrected chi connectivity index (χ3v) is 3.59. The number of nitrogens with zero attached hydrogens (tertiary/aromatic N) is 1. The van der Waals surface area contributed by atoms with Crippen molar-refractivity contribution in [1.29, 1.82) is 0 Å². The van der Waals surface area contributed by atoms with Crippen LogP contribution in [0.2, 0.25) is 0 Å². The van der Waals surface area contributed by atoms with Crippen molar-refractivity contribution in [2.75, 3.05) is 6.54 Å².